The van der Waals surface area contributed by atoms with E-state index in [9.17, 15) is 0 Å². The molecule has 0 rings (SSSR count). The Morgan fingerprint density at radius 1 is 0.722 bits per heavy atom. The van der Waals surface area contributed by atoms with E-state index in [0.717, 1.165) is 6.42 Å². The van der Waals surface area contributed by atoms with Crippen LogP contribution in [0.25, 0.3) is 0 Å². The lowest BCUT2D eigenvalue weighted by atomic mass is 9.55. The van der Waals surface area contributed by atoms with Crippen molar-refractivity contribution in [3.05, 3.63) is 12.2 Å². The van der Waals surface area contributed by atoms with Crippen molar-refractivity contribution >= 4 is 0 Å². The van der Waals surface area contributed by atoms with E-state index in [2.05, 4.69) is 75.8 Å². The van der Waals surface area contributed by atoms with Crippen molar-refractivity contribution in [2.24, 2.45) is 21.7 Å². The number of allylic oxidation sites excluding steroid dienone is 1. The smallest absolute Gasteiger partial charge is 0.0266 e. The summed E-state index contributed by atoms with van der Waals surface area (Å²) in [6.45, 7) is 27.7. The Morgan fingerprint density at radius 3 is 1.39 bits per heavy atom. The van der Waals surface area contributed by atoms with Crippen molar-refractivity contribution in [3.8, 4) is 0 Å². The first-order chi connectivity index (χ1) is 7.62. The van der Waals surface area contributed by atoms with E-state index in [4.69, 9.17) is 0 Å². The zero-order chi connectivity index (χ0) is 15.0. The summed E-state index contributed by atoms with van der Waals surface area (Å²) in [4.78, 5) is 0. The van der Waals surface area contributed by atoms with Gasteiger partial charge in [-0.1, -0.05) is 67.9 Å². The standard InChI is InChI=1S/C18H36/c1-14(2)12-16(6,7)18(10,11)13-17(8,9)15(3,4)5/h1,12-13H2,2-11H3. The minimum absolute atomic E-state index is 0.293. The fourth-order valence-corrected chi connectivity index (χ4v) is 2.60. The van der Waals surface area contributed by atoms with Gasteiger partial charge >= 0.3 is 0 Å². The molecular formula is C18H36. The molecule has 0 saturated carbocycles. The molecule has 0 fully saturated rings. The van der Waals surface area contributed by atoms with E-state index in [1.165, 1.54) is 12.0 Å². The third kappa shape index (κ3) is 4.14. The molecule has 108 valence electrons. The van der Waals surface area contributed by atoms with Crippen molar-refractivity contribution in [2.45, 2.75) is 82.1 Å². The van der Waals surface area contributed by atoms with E-state index < -0.39 is 0 Å². The summed E-state index contributed by atoms with van der Waals surface area (Å²) in [6.07, 6.45) is 2.35. The van der Waals surface area contributed by atoms with Gasteiger partial charge in [-0.05, 0) is 41.4 Å². The van der Waals surface area contributed by atoms with Gasteiger partial charge < -0.3 is 0 Å². The summed E-state index contributed by atoms with van der Waals surface area (Å²) < 4.78 is 0. The quantitative estimate of drug-likeness (QED) is 0.492. The second-order valence-electron chi connectivity index (χ2n) is 9.21. The first-order valence-corrected chi connectivity index (χ1v) is 7.27. The maximum absolute atomic E-state index is 4.10. The Bertz CT molecular complexity index is 294. The largest absolute Gasteiger partial charge is 0.100 e. The molecule has 0 aromatic heterocycles. The van der Waals surface area contributed by atoms with Crippen molar-refractivity contribution in [2.75, 3.05) is 0 Å². The third-order valence-corrected chi connectivity index (χ3v) is 5.49. The highest BCUT2D eigenvalue weighted by atomic mass is 14.5. The number of rotatable bonds is 5. The molecule has 0 aromatic carbocycles. The van der Waals surface area contributed by atoms with Crippen LogP contribution in [0.4, 0.5) is 0 Å². The van der Waals surface area contributed by atoms with E-state index in [1.54, 1.807) is 0 Å². The van der Waals surface area contributed by atoms with Crippen LogP contribution in [-0.4, -0.2) is 0 Å². The monoisotopic (exact) mass is 252 g/mol. The minimum atomic E-state index is 0.293. The molecule has 0 aromatic rings. The maximum atomic E-state index is 4.10. The van der Waals surface area contributed by atoms with Gasteiger partial charge in [0.25, 0.3) is 0 Å². The topological polar surface area (TPSA) is 0 Å². The maximum Gasteiger partial charge on any atom is -0.0266 e. The first-order valence-electron chi connectivity index (χ1n) is 7.27. The normalized spacial score (nSPS) is 14.8. The van der Waals surface area contributed by atoms with Crippen molar-refractivity contribution in [3.63, 3.8) is 0 Å². The molecule has 0 amide bonds. The predicted molar refractivity (Wildman–Crippen MR) is 84.8 cm³/mol. The molecular weight excluding hydrogens is 216 g/mol. The van der Waals surface area contributed by atoms with Gasteiger partial charge in [-0.2, -0.15) is 0 Å². The highest BCUT2D eigenvalue weighted by Gasteiger charge is 2.44. The molecule has 0 N–H and O–H groups in total. The molecule has 0 aliphatic carbocycles. The van der Waals surface area contributed by atoms with Gasteiger partial charge in [0, 0.05) is 0 Å². The summed E-state index contributed by atoms with van der Waals surface area (Å²) in [5.41, 5.74) is 2.57. The Hall–Kier alpha value is -0.260. The van der Waals surface area contributed by atoms with Gasteiger partial charge in [0.2, 0.25) is 0 Å². The van der Waals surface area contributed by atoms with Crippen LogP contribution in [0.5, 0.6) is 0 Å². The summed E-state index contributed by atoms with van der Waals surface area (Å²) in [7, 11) is 0. The molecule has 0 bridgehead atoms. The summed E-state index contributed by atoms with van der Waals surface area (Å²) >= 11 is 0. The Balaban J connectivity index is 5.12. The fraction of sp³-hybridized carbons (Fsp3) is 0.889. The first kappa shape index (κ1) is 17.7. The molecule has 0 radical (unpaired) electrons. The van der Waals surface area contributed by atoms with Crippen molar-refractivity contribution in [1.82, 2.24) is 0 Å². The van der Waals surface area contributed by atoms with Gasteiger partial charge in [-0.15, -0.1) is 6.58 Å². The van der Waals surface area contributed by atoms with Gasteiger partial charge in [0.05, 0.1) is 0 Å². The lowest BCUT2D eigenvalue weighted by Crippen LogP contribution is -2.41. The van der Waals surface area contributed by atoms with Crippen LogP contribution in [0.2, 0.25) is 0 Å². The lowest BCUT2D eigenvalue weighted by Gasteiger charge is -2.50. The second kappa shape index (κ2) is 5.02. The highest BCUT2D eigenvalue weighted by Crippen LogP contribution is 2.53. The van der Waals surface area contributed by atoms with Crippen LogP contribution in [0, 0.1) is 21.7 Å². The number of hydrogen-bond donors (Lipinski definition) is 0. The molecule has 0 unspecified atom stereocenters. The second-order valence-corrected chi connectivity index (χ2v) is 9.21. The average Bonchev–Trinajstić information content (AvgIpc) is 1.95. The van der Waals surface area contributed by atoms with Crippen LogP contribution in [0.15, 0.2) is 12.2 Å². The molecule has 0 nitrogen and oxygen atoms in total. The van der Waals surface area contributed by atoms with E-state index in [0.29, 0.717) is 21.7 Å². The third-order valence-electron chi connectivity index (χ3n) is 5.49. The van der Waals surface area contributed by atoms with Crippen molar-refractivity contribution < 1.29 is 0 Å². The average molecular weight is 252 g/mol. The van der Waals surface area contributed by atoms with Gasteiger partial charge in [-0.25, -0.2) is 0 Å². The van der Waals surface area contributed by atoms with E-state index in [-0.39, 0.29) is 0 Å². The van der Waals surface area contributed by atoms with Gasteiger partial charge in [-0.3, -0.25) is 0 Å². The van der Waals surface area contributed by atoms with E-state index in [1.807, 2.05) is 0 Å². The zero-order valence-corrected chi connectivity index (χ0v) is 14.6. The van der Waals surface area contributed by atoms with Crippen LogP contribution in [-0.2, 0) is 0 Å². The Labute approximate surface area is 116 Å². The fourth-order valence-electron chi connectivity index (χ4n) is 2.60. The number of hydrogen-bond acceptors (Lipinski definition) is 0. The molecule has 0 heteroatoms. The van der Waals surface area contributed by atoms with Crippen LogP contribution < -0.4 is 0 Å². The SMILES string of the molecule is C=C(C)CC(C)(C)C(C)(C)CC(C)(C)C(C)(C)C. The van der Waals surface area contributed by atoms with Gasteiger partial charge in [0.1, 0.15) is 0 Å². The van der Waals surface area contributed by atoms with Crippen LogP contribution in [0.3, 0.4) is 0 Å². The molecule has 0 spiro atoms. The molecule has 0 saturated heterocycles. The molecule has 0 atom stereocenters. The Morgan fingerprint density at radius 2 is 1.11 bits per heavy atom. The summed E-state index contributed by atoms with van der Waals surface area (Å²) in [5.74, 6) is 0. The molecule has 0 aliphatic rings. The van der Waals surface area contributed by atoms with Gasteiger partial charge in [0.15, 0.2) is 0 Å². The molecule has 0 heterocycles. The van der Waals surface area contributed by atoms with Crippen molar-refractivity contribution in [1.29, 1.82) is 0 Å². The van der Waals surface area contributed by atoms with Crippen LogP contribution >= 0.6 is 0 Å². The zero-order valence-electron chi connectivity index (χ0n) is 14.6. The highest BCUT2D eigenvalue weighted by molar-refractivity contribution is 5.01. The van der Waals surface area contributed by atoms with E-state index >= 15 is 0 Å². The lowest BCUT2D eigenvalue weighted by molar-refractivity contribution is 0.00251. The molecule has 18 heavy (non-hydrogen) atoms. The van der Waals surface area contributed by atoms with Crippen LogP contribution in [0.1, 0.15) is 82.1 Å². The molecule has 0 aliphatic heterocycles. The Kier molecular flexibility index (Phi) is 4.95. The predicted octanol–water partition coefficient (Wildman–Crippen LogP) is 6.47. The summed E-state index contributed by atoms with van der Waals surface area (Å²) in [6, 6.07) is 0. The summed E-state index contributed by atoms with van der Waals surface area (Å²) in [5, 5.41) is 0. The minimum Gasteiger partial charge on any atom is -0.100 e.